The molecule has 0 heteroatoms. The smallest absolute Gasteiger partial charge is 0.00920 e. The lowest BCUT2D eigenvalue weighted by Crippen LogP contribution is -1.99. The molecule has 0 radical (unpaired) electrons. The van der Waals surface area contributed by atoms with Crippen LogP contribution in [0.15, 0.2) is 60.7 Å². The lowest BCUT2D eigenvalue weighted by Gasteiger charge is -2.18. The first-order valence-electron chi connectivity index (χ1n) is 8.88. The zero-order chi connectivity index (χ0) is 17.1. The Balaban J connectivity index is 2.29. The van der Waals surface area contributed by atoms with Crippen molar-refractivity contribution in [2.75, 3.05) is 0 Å². The largest absolute Gasteiger partial charge is 0.0913 e. The monoisotopic (exact) mass is 314 g/mol. The highest BCUT2D eigenvalue weighted by Gasteiger charge is 2.13. The molecule has 0 amide bonds. The van der Waals surface area contributed by atoms with Gasteiger partial charge in [-0.15, -0.1) is 0 Å². The Morgan fingerprint density at radius 3 is 2.12 bits per heavy atom. The maximum Gasteiger partial charge on any atom is -0.00920 e. The van der Waals surface area contributed by atoms with E-state index >= 15 is 0 Å². The van der Waals surface area contributed by atoms with Crippen LogP contribution in [0.3, 0.4) is 0 Å². The summed E-state index contributed by atoms with van der Waals surface area (Å²) in [5, 5.41) is 2.71. The molecule has 0 spiro atoms. The van der Waals surface area contributed by atoms with Crippen molar-refractivity contribution in [3.05, 3.63) is 82.9 Å². The summed E-state index contributed by atoms with van der Waals surface area (Å²) in [4.78, 5) is 0. The van der Waals surface area contributed by atoms with Crippen LogP contribution >= 0.6 is 0 Å². The van der Waals surface area contributed by atoms with E-state index in [1.165, 1.54) is 44.2 Å². The summed E-state index contributed by atoms with van der Waals surface area (Å²) in [6.07, 6.45) is 6.49. The summed E-state index contributed by atoms with van der Waals surface area (Å²) in [7, 11) is 0. The van der Waals surface area contributed by atoms with Gasteiger partial charge in [-0.3, -0.25) is 0 Å². The molecule has 0 fully saturated rings. The summed E-state index contributed by atoms with van der Waals surface area (Å²) < 4.78 is 0. The number of allylic oxidation sites excluding steroid dienone is 2. The summed E-state index contributed by atoms with van der Waals surface area (Å²) in [6, 6.07) is 17.9. The Labute approximate surface area is 145 Å². The molecule has 3 aromatic carbocycles. The van der Waals surface area contributed by atoms with E-state index in [0.29, 0.717) is 0 Å². The number of aryl methyl sites for hydroxylation is 2. The van der Waals surface area contributed by atoms with Crippen molar-refractivity contribution >= 4 is 10.8 Å². The fourth-order valence-corrected chi connectivity index (χ4v) is 3.67. The second kappa shape index (κ2) is 7.05. The second-order valence-electron chi connectivity index (χ2n) is 6.49. The van der Waals surface area contributed by atoms with Gasteiger partial charge in [0.2, 0.25) is 0 Å². The van der Waals surface area contributed by atoms with Gasteiger partial charge in [0.1, 0.15) is 0 Å². The lowest BCUT2D eigenvalue weighted by molar-refractivity contribution is 1.06. The topological polar surface area (TPSA) is 0 Å². The van der Waals surface area contributed by atoms with Crippen LogP contribution < -0.4 is 0 Å². The van der Waals surface area contributed by atoms with E-state index in [2.05, 4.69) is 88.4 Å². The number of rotatable bonds is 4. The van der Waals surface area contributed by atoms with Gasteiger partial charge in [-0.05, 0) is 77.8 Å². The highest BCUT2D eigenvalue weighted by Crippen LogP contribution is 2.35. The van der Waals surface area contributed by atoms with E-state index in [4.69, 9.17) is 0 Å². The molecule has 0 aromatic heterocycles. The van der Waals surface area contributed by atoms with Gasteiger partial charge in [-0.2, -0.15) is 0 Å². The Hall–Kier alpha value is -2.34. The van der Waals surface area contributed by atoms with E-state index < -0.39 is 0 Å². The first kappa shape index (κ1) is 16.5. The van der Waals surface area contributed by atoms with Crippen molar-refractivity contribution in [2.45, 2.75) is 40.5 Å². The molecule has 0 nitrogen and oxygen atoms in total. The normalized spacial score (nSPS) is 11.5. The molecule has 3 rings (SSSR count). The van der Waals surface area contributed by atoms with Crippen molar-refractivity contribution < 1.29 is 0 Å². The minimum atomic E-state index is 1.02. The fourth-order valence-electron chi connectivity index (χ4n) is 3.67. The zero-order valence-corrected chi connectivity index (χ0v) is 15.2. The third kappa shape index (κ3) is 2.89. The number of benzene rings is 3. The van der Waals surface area contributed by atoms with E-state index in [1.54, 1.807) is 0 Å². The number of hydrogen-bond acceptors (Lipinski definition) is 0. The SMILES string of the molecule is C/C=C\Cc1c(C)ccc(-c2ccc(C)c3ccccc23)c1CC. The van der Waals surface area contributed by atoms with E-state index in [-0.39, 0.29) is 0 Å². The van der Waals surface area contributed by atoms with Gasteiger partial charge in [0.15, 0.2) is 0 Å². The van der Waals surface area contributed by atoms with Crippen molar-refractivity contribution in [1.82, 2.24) is 0 Å². The molecule has 3 aromatic rings. The Bertz CT molecular complexity index is 897. The second-order valence-corrected chi connectivity index (χ2v) is 6.49. The van der Waals surface area contributed by atoms with Crippen LogP contribution in [0.5, 0.6) is 0 Å². The van der Waals surface area contributed by atoms with E-state index in [0.717, 1.165) is 12.8 Å². The first-order valence-corrected chi connectivity index (χ1v) is 8.88. The van der Waals surface area contributed by atoms with Crippen LogP contribution in [0.2, 0.25) is 0 Å². The van der Waals surface area contributed by atoms with Crippen LogP contribution in [0.25, 0.3) is 21.9 Å². The maximum atomic E-state index is 2.31. The van der Waals surface area contributed by atoms with Crippen LogP contribution in [0, 0.1) is 13.8 Å². The minimum Gasteiger partial charge on any atom is -0.0913 e. The molecule has 24 heavy (non-hydrogen) atoms. The van der Waals surface area contributed by atoms with Gasteiger partial charge in [-0.1, -0.05) is 67.6 Å². The molecule has 0 aliphatic carbocycles. The molecule has 0 heterocycles. The van der Waals surface area contributed by atoms with Crippen molar-refractivity contribution in [2.24, 2.45) is 0 Å². The van der Waals surface area contributed by atoms with Crippen LogP contribution in [-0.4, -0.2) is 0 Å². The molecular weight excluding hydrogens is 288 g/mol. The highest BCUT2D eigenvalue weighted by atomic mass is 14.2. The summed E-state index contributed by atoms with van der Waals surface area (Å²) in [5.74, 6) is 0. The molecule has 0 saturated heterocycles. The predicted molar refractivity (Wildman–Crippen MR) is 107 cm³/mol. The summed E-state index contributed by atoms with van der Waals surface area (Å²) in [5.41, 5.74) is 8.45. The summed E-state index contributed by atoms with van der Waals surface area (Å²) in [6.45, 7) is 8.79. The lowest BCUT2D eigenvalue weighted by atomic mass is 9.87. The van der Waals surface area contributed by atoms with Gasteiger partial charge in [0.05, 0.1) is 0 Å². The van der Waals surface area contributed by atoms with E-state index in [9.17, 15) is 0 Å². The molecule has 0 atom stereocenters. The average Bonchev–Trinajstić information content (AvgIpc) is 2.61. The van der Waals surface area contributed by atoms with Gasteiger partial charge in [0.25, 0.3) is 0 Å². The molecular formula is C24H26. The average molecular weight is 314 g/mol. The zero-order valence-electron chi connectivity index (χ0n) is 15.2. The van der Waals surface area contributed by atoms with Crippen LogP contribution in [0.4, 0.5) is 0 Å². The third-order valence-electron chi connectivity index (χ3n) is 5.01. The van der Waals surface area contributed by atoms with Gasteiger partial charge >= 0.3 is 0 Å². The molecule has 0 unspecified atom stereocenters. The molecule has 0 bridgehead atoms. The third-order valence-corrected chi connectivity index (χ3v) is 5.01. The maximum absolute atomic E-state index is 2.31. The quantitative estimate of drug-likeness (QED) is 0.464. The Morgan fingerprint density at radius 2 is 1.42 bits per heavy atom. The predicted octanol–water partition coefficient (Wildman–Crippen LogP) is 6.80. The van der Waals surface area contributed by atoms with Crippen molar-refractivity contribution in [3.63, 3.8) is 0 Å². The van der Waals surface area contributed by atoms with E-state index in [1.807, 2.05) is 0 Å². The fraction of sp³-hybridized carbons (Fsp3) is 0.250. The first-order chi connectivity index (χ1) is 11.7. The molecule has 0 aliphatic heterocycles. The van der Waals surface area contributed by atoms with Crippen LogP contribution in [0.1, 0.15) is 36.1 Å². The molecule has 0 saturated carbocycles. The van der Waals surface area contributed by atoms with Gasteiger partial charge < -0.3 is 0 Å². The Kier molecular flexibility index (Phi) is 4.85. The van der Waals surface area contributed by atoms with Gasteiger partial charge in [-0.25, -0.2) is 0 Å². The molecule has 122 valence electrons. The molecule has 0 aliphatic rings. The number of fused-ring (bicyclic) bond motifs is 1. The highest BCUT2D eigenvalue weighted by molar-refractivity contribution is 5.99. The van der Waals surface area contributed by atoms with Crippen LogP contribution in [-0.2, 0) is 12.8 Å². The van der Waals surface area contributed by atoms with Crippen molar-refractivity contribution in [3.8, 4) is 11.1 Å². The minimum absolute atomic E-state index is 1.02. The van der Waals surface area contributed by atoms with Crippen molar-refractivity contribution in [1.29, 1.82) is 0 Å². The van der Waals surface area contributed by atoms with Gasteiger partial charge in [0, 0.05) is 0 Å². The standard InChI is InChI=1S/C24H26/c1-5-7-10-20-17(3)13-15-23(19(20)6-2)24-16-14-18(4)21-11-8-9-12-22(21)24/h5,7-9,11-16H,6,10H2,1-4H3/b7-5-. The Morgan fingerprint density at radius 1 is 0.750 bits per heavy atom. The summed E-state index contributed by atoms with van der Waals surface area (Å²) >= 11 is 0. The number of hydrogen-bond donors (Lipinski definition) is 0. The molecule has 0 N–H and O–H groups in total.